The minimum atomic E-state index is -0.360. The highest BCUT2D eigenvalue weighted by Crippen LogP contribution is 2.31. The lowest BCUT2D eigenvalue weighted by molar-refractivity contribution is -0.128. The van der Waals surface area contributed by atoms with Gasteiger partial charge >= 0.3 is 0 Å². The van der Waals surface area contributed by atoms with E-state index >= 15 is 0 Å². The Morgan fingerprint density at radius 1 is 1.12 bits per heavy atom. The summed E-state index contributed by atoms with van der Waals surface area (Å²) in [6.45, 7) is 6.09. The van der Waals surface area contributed by atoms with Gasteiger partial charge in [0.05, 0.1) is 5.92 Å². The first-order chi connectivity index (χ1) is 12.0. The van der Waals surface area contributed by atoms with Gasteiger partial charge in [0.15, 0.2) is 0 Å². The molecule has 0 spiro atoms. The van der Waals surface area contributed by atoms with Crippen LogP contribution in [-0.2, 0) is 17.9 Å². The second-order valence-electron chi connectivity index (χ2n) is 8.18. The van der Waals surface area contributed by atoms with E-state index in [2.05, 4.69) is 34.5 Å². The molecule has 3 N–H and O–H groups in total. The van der Waals surface area contributed by atoms with E-state index in [4.69, 9.17) is 5.73 Å². The third-order valence-corrected chi connectivity index (χ3v) is 5.92. The van der Waals surface area contributed by atoms with Crippen molar-refractivity contribution < 1.29 is 4.79 Å². The smallest absolute Gasteiger partial charge is 0.225 e. The Morgan fingerprint density at radius 3 is 2.48 bits per heavy atom. The molecule has 1 amide bonds. The molecule has 1 aliphatic heterocycles. The van der Waals surface area contributed by atoms with Crippen molar-refractivity contribution in [1.82, 2.24) is 10.2 Å². The molecule has 1 aliphatic carbocycles. The number of carbonyl (C=O) groups is 1. The molecule has 2 aliphatic rings. The standard InChI is InChI=1S/C21H33N3O/c1-21(22)12-4-3-7-19(21)20(25)23-15-17-8-10-18(11-9-17)16-24-13-5-2-6-14-24/h8-11,19H,2-7,12-16,22H2,1H3,(H,23,25). The molecule has 2 fully saturated rings. The van der Waals surface area contributed by atoms with E-state index in [-0.39, 0.29) is 17.4 Å². The number of nitrogens with two attached hydrogens (primary N) is 1. The van der Waals surface area contributed by atoms with Crippen LogP contribution in [0.15, 0.2) is 24.3 Å². The maximum Gasteiger partial charge on any atom is 0.225 e. The first kappa shape index (κ1) is 18.4. The normalized spacial score (nSPS) is 27.8. The monoisotopic (exact) mass is 343 g/mol. The fourth-order valence-corrected chi connectivity index (χ4v) is 4.24. The Bertz CT molecular complexity index is 561. The van der Waals surface area contributed by atoms with Gasteiger partial charge in [0.25, 0.3) is 0 Å². The zero-order valence-corrected chi connectivity index (χ0v) is 15.6. The van der Waals surface area contributed by atoms with Crippen LogP contribution >= 0.6 is 0 Å². The molecule has 0 radical (unpaired) electrons. The summed E-state index contributed by atoms with van der Waals surface area (Å²) in [6.07, 6.45) is 8.11. The zero-order chi connectivity index (χ0) is 17.7. The molecule has 1 saturated heterocycles. The van der Waals surface area contributed by atoms with Crippen LogP contribution in [0.3, 0.4) is 0 Å². The summed E-state index contributed by atoms with van der Waals surface area (Å²) < 4.78 is 0. The van der Waals surface area contributed by atoms with Crippen LogP contribution in [0.25, 0.3) is 0 Å². The van der Waals surface area contributed by atoms with Gasteiger partial charge in [0.1, 0.15) is 0 Å². The first-order valence-electron chi connectivity index (χ1n) is 9.91. The predicted octanol–water partition coefficient (Wildman–Crippen LogP) is 3.20. The molecule has 0 aromatic heterocycles. The minimum absolute atomic E-state index is 0.0559. The highest BCUT2D eigenvalue weighted by atomic mass is 16.1. The number of hydrogen-bond acceptors (Lipinski definition) is 3. The van der Waals surface area contributed by atoms with Crippen LogP contribution in [-0.4, -0.2) is 29.4 Å². The minimum Gasteiger partial charge on any atom is -0.352 e. The lowest BCUT2D eigenvalue weighted by Gasteiger charge is -2.37. The Balaban J connectivity index is 1.48. The van der Waals surface area contributed by atoms with Crippen molar-refractivity contribution in [2.45, 2.75) is 70.5 Å². The molecule has 4 nitrogen and oxygen atoms in total. The number of amides is 1. The molecule has 1 heterocycles. The van der Waals surface area contributed by atoms with Gasteiger partial charge in [-0.25, -0.2) is 0 Å². The molecule has 2 atom stereocenters. The number of likely N-dealkylation sites (tertiary alicyclic amines) is 1. The first-order valence-corrected chi connectivity index (χ1v) is 9.91. The Kier molecular flexibility index (Phi) is 6.13. The van der Waals surface area contributed by atoms with Crippen molar-refractivity contribution in [3.05, 3.63) is 35.4 Å². The third kappa shape index (κ3) is 5.05. The van der Waals surface area contributed by atoms with Gasteiger partial charge in [-0.2, -0.15) is 0 Å². The molecule has 1 aromatic carbocycles. The molecule has 3 rings (SSSR count). The second kappa shape index (κ2) is 8.33. The predicted molar refractivity (Wildman–Crippen MR) is 102 cm³/mol. The Hall–Kier alpha value is -1.39. The van der Waals surface area contributed by atoms with Gasteiger partial charge in [0.2, 0.25) is 5.91 Å². The summed E-state index contributed by atoms with van der Waals surface area (Å²) in [5.74, 6) is 0.0571. The maximum absolute atomic E-state index is 12.5. The van der Waals surface area contributed by atoms with E-state index in [1.807, 2.05) is 6.92 Å². The van der Waals surface area contributed by atoms with Crippen LogP contribution in [0, 0.1) is 5.92 Å². The van der Waals surface area contributed by atoms with Gasteiger partial charge in [0, 0.05) is 18.6 Å². The van der Waals surface area contributed by atoms with E-state index in [1.165, 1.54) is 37.9 Å². The zero-order valence-electron chi connectivity index (χ0n) is 15.6. The van der Waals surface area contributed by atoms with Crippen molar-refractivity contribution in [2.24, 2.45) is 11.7 Å². The van der Waals surface area contributed by atoms with E-state index in [1.54, 1.807) is 0 Å². The van der Waals surface area contributed by atoms with Crippen molar-refractivity contribution >= 4 is 5.91 Å². The lowest BCUT2D eigenvalue weighted by Crippen LogP contribution is -2.52. The average molecular weight is 344 g/mol. The number of rotatable bonds is 5. The molecular formula is C21H33N3O. The molecule has 2 unspecified atom stereocenters. The highest BCUT2D eigenvalue weighted by Gasteiger charge is 2.37. The average Bonchev–Trinajstić information content (AvgIpc) is 2.61. The van der Waals surface area contributed by atoms with Crippen LogP contribution in [0.5, 0.6) is 0 Å². The SMILES string of the molecule is CC1(N)CCCCC1C(=O)NCc1ccc(CN2CCCCC2)cc1. The van der Waals surface area contributed by atoms with Crippen LogP contribution in [0.1, 0.15) is 63.0 Å². The molecule has 138 valence electrons. The molecule has 1 saturated carbocycles. The Labute approximate surface area is 152 Å². The summed E-state index contributed by atoms with van der Waals surface area (Å²) in [7, 11) is 0. The van der Waals surface area contributed by atoms with Gasteiger partial charge < -0.3 is 11.1 Å². The van der Waals surface area contributed by atoms with Gasteiger partial charge in [-0.1, -0.05) is 43.5 Å². The van der Waals surface area contributed by atoms with Gasteiger partial charge in [-0.3, -0.25) is 9.69 Å². The lowest BCUT2D eigenvalue weighted by atomic mass is 9.74. The summed E-state index contributed by atoms with van der Waals surface area (Å²) in [5.41, 5.74) is 8.49. The van der Waals surface area contributed by atoms with Crippen molar-refractivity contribution in [3.8, 4) is 0 Å². The number of hydrogen-bond donors (Lipinski definition) is 2. The molecule has 0 bridgehead atoms. The Morgan fingerprint density at radius 2 is 1.80 bits per heavy atom. The number of carbonyl (C=O) groups excluding carboxylic acids is 1. The van der Waals surface area contributed by atoms with E-state index in [0.717, 1.165) is 37.8 Å². The second-order valence-corrected chi connectivity index (χ2v) is 8.18. The largest absolute Gasteiger partial charge is 0.352 e. The molecular weight excluding hydrogens is 310 g/mol. The highest BCUT2D eigenvalue weighted by molar-refractivity contribution is 5.80. The molecule has 1 aromatic rings. The van der Waals surface area contributed by atoms with Gasteiger partial charge in [-0.05, 0) is 56.8 Å². The van der Waals surface area contributed by atoms with Crippen molar-refractivity contribution in [1.29, 1.82) is 0 Å². The fourth-order valence-electron chi connectivity index (χ4n) is 4.24. The van der Waals surface area contributed by atoms with Crippen LogP contribution in [0.4, 0.5) is 0 Å². The number of piperidine rings is 1. The van der Waals surface area contributed by atoms with Crippen molar-refractivity contribution in [3.63, 3.8) is 0 Å². The fraction of sp³-hybridized carbons (Fsp3) is 0.667. The third-order valence-electron chi connectivity index (χ3n) is 5.92. The van der Waals surface area contributed by atoms with E-state index < -0.39 is 0 Å². The van der Waals surface area contributed by atoms with E-state index in [0.29, 0.717) is 6.54 Å². The summed E-state index contributed by atoms with van der Waals surface area (Å²) >= 11 is 0. The van der Waals surface area contributed by atoms with Crippen LogP contribution < -0.4 is 11.1 Å². The number of nitrogens with zero attached hydrogens (tertiary/aromatic N) is 1. The van der Waals surface area contributed by atoms with Crippen LogP contribution in [0.2, 0.25) is 0 Å². The van der Waals surface area contributed by atoms with Gasteiger partial charge in [-0.15, -0.1) is 0 Å². The number of benzene rings is 1. The molecule has 4 heteroatoms. The topological polar surface area (TPSA) is 58.4 Å². The quantitative estimate of drug-likeness (QED) is 0.863. The summed E-state index contributed by atoms with van der Waals surface area (Å²) in [5, 5.41) is 3.10. The maximum atomic E-state index is 12.5. The summed E-state index contributed by atoms with van der Waals surface area (Å²) in [6, 6.07) is 8.68. The molecule has 25 heavy (non-hydrogen) atoms. The van der Waals surface area contributed by atoms with Crippen molar-refractivity contribution in [2.75, 3.05) is 13.1 Å². The number of nitrogens with one attached hydrogen (secondary N) is 1. The summed E-state index contributed by atoms with van der Waals surface area (Å²) in [4.78, 5) is 15.1. The van der Waals surface area contributed by atoms with E-state index in [9.17, 15) is 4.79 Å².